The third kappa shape index (κ3) is 2.61. The van der Waals surface area contributed by atoms with Gasteiger partial charge >= 0.3 is 11.9 Å². The molecule has 0 aliphatic heterocycles. The predicted molar refractivity (Wildman–Crippen MR) is 65.0 cm³/mol. The molecular formula is C14H20O5. The zero-order valence-electron chi connectivity index (χ0n) is 11.0. The molecule has 0 radical (unpaired) electrons. The zero-order valence-corrected chi connectivity index (χ0v) is 11.0. The molecular weight excluding hydrogens is 248 g/mol. The van der Waals surface area contributed by atoms with E-state index >= 15 is 0 Å². The highest BCUT2D eigenvalue weighted by atomic mass is 16.6. The average molecular weight is 268 g/mol. The Kier molecular flexibility index (Phi) is 3.25. The van der Waals surface area contributed by atoms with Crippen LogP contribution in [0.2, 0.25) is 0 Å². The highest BCUT2D eigenvalue weighted by molar-refractivity contribution is 5.77. The van der Waals surface area contributed by atoms with E-state index in [2.05, 4.69) is 4.74 Å². The molecule has 0 atom stereocenters. The van der Waals surface area contributed by atoms with E-state index in [-0.39, 0.29) is 12.2 Å². The van der Waals surface area contributed by atoms with Gasteiger partial charge in [-0.1, -0.05) is 0 Å². The summed E-state index contributed by atoms with van der Waals surface area (Å²) < 4.78 is 10.3. The van der Waals surface area contributed by atoms with E-state index in [1.54, 1.807) is 0 Å². The Balaban J connectivity index is 1.57. The second-order valence-corrected chi connectivity index (χ2v) is 6.39. The number of hydrogen-bond donors (Lipinski definition) is 1. The molecule has 106 valence electrons. The first-order valence-electron chi connectivity index (χ1n) is 7.07. The van der Waals surface area contributed by atoms with Gasteiger partial charge in [-0.3, -0.25) is 0 Å². The van der Waals surface area contributed by atoms with Gasteiger partial charge in [0.2, 0.25) is 0 Å². The number of ether oxygens (including phenoxy) is 2. The maximum atomic E-state index is 11.8. The Morgan fingerprint density at radius 3 is 2.00 bits per heavy atom. The van der Waals surface area contributed by atoms with Gasteiger partial charge in [-0.25, -0.2) is 9.59 Å². The number of carbonyl (C=O) groups excluding carboxylic acids is 2. The summed E-state index contributed by atoms with van der Waals surface area (Å²) in [7, 11) is 0. The van der Waals surface area contributed by atoms with Gasteiger partial charge in [0.25, 0.3) is 0 Å². The van der Waals surface area contributed by atoms with Crippen LogP contribution in [0.1, 0.15) is 38.5 Å². The molecule has 0 saturated heterocycles. The Labute approximate surface area is 112 Å². The van der Waals surface area contributed by atoms with Crippen LogP contribution in [0, 0.1) is 17.8 Å². The van der Waals surface area contributed by atoms with Crippen LogP contribution in [-0.4, -0.2) is 35.9 Å². The van der Waals surface area contributed by atoms with E-state index in [1.165, 1.54) is 19.3 Å². The van der Waals surface area contributed by atoms with Crippen molar-refractivity contribution in [3.8, 4) is 0 Å². The molecule has 5 nitrogen and oxygen atoms in total. The van der Waals surface area contributed by atoms with Crippen molar-refractivity contribution >= 4 is 11.9 Å². The van der Waals surface area contributed by atoms with Crippen LogP contribution in [0.15, 0.2) is 0 Å². The quantitative estimate of drug-likeness (QED) is 0.771. The van der Waals surface area contributed by atoms with Crippen molar-refractivity contribution in [3.63, 3.8) is 0 Å². The largest absolute Gasteiger partial charge is 0.457 e. The first-order chi connectivity index (χ1) is 9.08. The molecule has 0 aromatic heterocycles. The van der Waals surface area contributed by atoms with Crippen molar-refractivity contribution in [2.75, 3.05) is 13.2 Å². The van der Waals surface area contributed by atoms with Crippen molar-refractivity contribution in [2.24, 2.45) is 17.8 Å². The molecule has 5 heteroatoms. The van der Waals surface area contributed by atoms with Gasteiger partial charge < -0.3 is 14.6 Å². The van der Waals surface area contributed by atoms with Crippen LogP contribution >= 0.6 is 0 Å². The molecule has 0 aromatic rings. The Hall–Kier alpha value is -1.10. The van der Waals surface area contributed by atoms with Gasteiger partial charge in [-0.2, -0.15) is 0 Å². The summed E-state index contributed by atoms with van der Waals surface area (Å²) in [4.78, 5) is 22.6. The number of aliphatic hydroxyl groups is 1. The fourth-order valence-corrected chi connectivity index (χ4v) is 4.61. The molecule has 4 rings (SSSR count). The van der Waals surface area contributed by atoms with Crippen molar-refractivity contribution in [3.05, 3.63) is 0 Å². The van der Waals surface area contributed by atoms with Gasteiger partial charge in [0, 0.05) is 0 Å². The minimum absolute atomic E-state index is 0.294. The van der Waals surface area contributed by atoms with Gasteiger partial charge in [-0.15, -0.1) is 0 Å². The number of carbonyl (C=O) groups is 2. The Morgan fingerprint density at radius 2 is 1.53 bits per heavy atom. The molecule has 0 heterocycles. The maximum absolute atomic E-state index is 11.8. The fourth-order valence-electron chi connectivity index (χ4n) is 4.61. The van der Waals surface area contributed by atoms with Crippen LogP contribution < -0.4 is 0 Å². The van der Waals surface area contributed by atoms with Crippen LogP contribution in [-0.2, 0) is 19.1 Å². The second-order valence-electron chi connectivity index (χ2n) is 6.39. The third-order valence-corrected chi connectivity index (χ3v) is 4.79. The minimum atomic E-state index is -0.789. The van der Waals surface area contributed by atoms with Crippen molar-refractivity contribution in [1.82, 2.24) is 0 Å². The molecule has 0 unspecified atom stereocenters. The SMILES string of the molecule is O=C(CO)OCC(=O)OC12CC3CC(CC(C3)C1)C2. The number of aliphatic hydroxyl groups excluding tert-OH is 1. The predicted octanol–water partition coefficient (Wildman–Crippen LogP) is 1.03. The summed E-state index contributed by atoms with van der Waals surface area (Å²) in [6, 6.07) is 0. The minimum Gasteiger partial charge on any atom is -0.457 e. The Morgan fingerprint density at radius 1 is 1.00 bits per heavy atom. The monoisotopic (exact) mass is 268 g/mol. The van der Waals surface area contributed by atoms with Crippen molar-refractivity contribution < 1.29 is 24.2 Å². The first-order valence-corrected chi connectivity index (χ1v) is 7.07. The third-order valence-electron chi connectivity index (χ3n) is 4.79. The molecule has 0 amide bonds. The van der Waals surface area contributed by atoms with E-state index in [1.807, 2.05) is 0 Å². The summed E-state index contributed by atoms with van der Waals surface area (Å²) in [5.41, 5.74) is -0.294. The summed E-state index contributed by atoms with van der Waals surface area (Å²) in [6.45, 7) is -1.09. The number of hydrogen-bond acceptors (Lipinski definition) is 5. The summed E-state index contributed by atoms with van der Waals surface area (Å²) in [5, 5.41) is 8.52. The topological polar surface area (TPSA) is 72.8 Å². The van der Waals surface area contributed by atoms with Crippen LogP contribution in [0.3, 0.4) is 0 Å². The van der Waals surface area contributed by atoms with Crippen LogP contribution in [0.4, 0.5) is 0 Å². The van der Waals surface area contributed by atoms with E-state index in [0.29, 0.717) is 17.8 Å². The molecule has 1 N–H and O–H groups in total. The van der Waals surface area contributed by atoms with E-state index in [0.717, 1.165) is 19.3 Å². The fraction of sp³-hybridized carbons (Fsp3) is 0.857. The van der Waals surface area contributed by atoms with Gasteiger partial charge in [0.05, 0.1) is 0 Å². The Bertz CT molecular complexity index is 354. The van der Waals surface area contributed by atoms with Gasteiger partial charge in [0.15, 0.2) is 6.61 Å². The highest BCUT2D eigenvalue weighted by Gasteiger charge is 2.53. The van der Waals surface area contributed by atoms with Crippen LogP contribution in [0.5, 0.6) is 0 Å². The molecule has 0 aromatic carbocycles. The van der Waals surface area contributed by atoms with E-state index < -0.39 is 18.5 Å². The first kappa shape index (κ1) is 12.9. The standard InChI is InChI=1S/C14H20O5/c15-7-12(16)18-8-13(17)19-14-4-9-1-10(5-14)3-11(2-9)6-14/h9-11,15H,1-8H2. The van der Waals surface area contributed by atoms with E-state index in [9.17, 15) is 9.59 Å². The van der Waals surface area contributed by atoms with Gasteiger partial charge in [0.1, 0.15) is 12.2 Å². The molecule has 0 spiro atoms. The van der Waals surface area contributed by atoms with Crippen molar-refractivity contribution in [1.29, 1.82) is 0 Å². The zero-order chi connectivity index (χ0) is 13.5. The maximum Gasteiger partial charge on any atom is 0.344 e. The lowest BCUT2D eigenvalue weighted by Crippen LogP contribution is -2.53. The lowest BCUT2D eigenvalue weighted by atomic mass is 9.54. The second kappa shape index (κ2) is 4.78. The van der Waals surface area contributed by atoms with Crippen molar-refractivity contribution in [2.45, 2.75) is 44.1 Å². The van der Waals surface area contributed by atoms with Crippen LogP contribution in [0.25, 0.3) is 0 Å². The average Bonchev–Trinajstić information content (AvgIpc) is 2.33. The molecule has 4 saturated carbocycles. The highest BCUT2D eigenvalue weighted by Crippen LogP contribution is 2.57. The molecule has 4 aliphatic rings. The normalized spacial score (nSPS) is 39.1. The summed E-state index contributed by atoms with van der Waals surface area (Å²) in [5.74, 6) is 0.850. The molecule has 4 fully saturated rings. The summed E-state index contributed by atoms with van der Waals surface area (Å²) >= 11 is 0. The molecule has 4 aliphatic carbocycles. The number of esters is 2. The van der Waals surface area contributed by atoms with E-state index in [4.69, 9.17) is 9.84 Å². The molecule has 19 heavy (non-hydrogen) atoms. The van der Waals surface area contributed by atoms with Gasteiger partial charge in [-0.05, 0) is 56.3 Å². The molecule has 4 bridgehead atoms. The number of rotatable bonds is 4. The summed E-state index contributed by atoms with van der Waals surface area (Å²) in [6.07, 6.45) is 6.78. The smallest absolute Gasteiger partial charge is 0.344 e. The lowest BCUT2D eigenvalue weighted by Gasteiger charge is -2.55. The lowest BCUT2D eigenvalue weighted by molar-refractivity contribution is -0.192.